The Kier molecular flexibility index (Phi) is 5.31. The summed E-state index contributed by atoms with van der Waals surface area (Å²) in [5.74, 6) is -3.92. The van der Waals surface area contributed by atoms with Crippen molar-refractivity contribution >= 4 is 23.1 Å². The van der Waals surface area contributed by atoms with Gasteiger partial charge in [0.15, 0.2) is 0 Å². The van der Waals surface area contributed by atoms with Crippen LogP contribution in [-0.4, -0.2) is 23.1 Å². The van der Waals surface area contributed by atoms with E-state index in [9.17, 15) is 19.2 Å². The number of rotatable bonds is 7. The van der Waals surface area contributed by atoms with Gasteiger partial charge in [-0.05, 0) is 12.5 Å². The third kappa shape index (κ3) is 4.07. The molecular weight excluding hydrogens is 292 g/mol. The van der Waals surface area contributed by atoms with Crippen molar-refractivity contribution in [2.24, 2.45) is 0 Å². The standard InChI is InChI=1S/C19H16O4/c1-13(20)12-16(14-8-4-2-5-9-14)18(22)19(23)17(21)15-10-6-3-7-11-15/h2-11,16H,12H2,1H3. The normalized spacial score (nSPS) is 11.5. The molecule has 0 aliphatic heterocycles. The van der Waals surface area contributed by atoms with Crippen LogP contribution >= 0.6 is 0 Å². The first-order chi connectivity index (χ1) is 11.0. The number of hydrogen-bond acceptors (Lipinski definition) is 4. The van der Waals surface area contributed by atoms with Crippen LogP contribution in [-0.2, 0) is 14.4 Å². The molecule has 0 aliphatic rings. The molecule has 0 spiro atoms. The summed E-state index contributed by atoms with van der Waals surface area (Å²) in [6.07, 6.45) is -0.101. The van der Waals surface area contributed by atoms with Crippen LogP contribution in [0.15, 0.2) is 60.7 Å². The maximum atomic E-state index is 12.5. The number of carbonyl (C=O) groups is 4. The third-order valence-corrected chi connectivity index (χ3v) is 3.48. The van der Waals surface area contributed by atoms with Gasteiger partial charge in [-0.15, -0.1) is 0 Å². The molecule has 0 amide bonds. The zero-order valence-corrected chi connectivity index (χ0v) is 12.7. The van der Waals surface area contributed by atoms with Gasteiger partial charge < -0.3 is 0 Å². The fraction of sp³-hybridized carbons (Fsp3) is 0.158. The van der Waals surface area contributed by atoms with E-state index in [2.05, 4.69) is 0 Å². The van der Waals surface area contributed by atoms with Crippen LogP contribution in [0.3, 0.4) is 0 Å². The Balaban J connectivity index is 2.28. The summed E-state index contributed by atoms with van der Waals surface area (Å²) in [6.45, 7) is 1.35. The monoisotopic (exact) mass is 308 g/mol. The molecule has 2 aromatic carbocycles. The summed E-state index contributed by atoms with van der Waals surface area (Å²) in [4.78, 5) is 48.3. The Bertz CT molecular complexity index is 732. The fourth-order valence-corrected chi connectivity index (χ4v) is 2.33. The Labute approximate surface area is 134 Å². The lowest BCUT2D eigenvalue weighted by Gasteiger charge is -2.13. The van der Waals surface area contributed by atoms with Crippen LogP contribution in [0, 0.1) is 0 Å². The molecule has 1 unspecified atom stereocenters. The quantitative estimate of drug-likeness (QED) is 0.448. The lowest BCUT2D eigenvalue weighted by molar-refractivity contribution is -0.135. The summed E-state index contributed by atoms with van der Waals surface area (Å²) in [5.41, 5.74) is 0.724. The molecule has 0 saturated heterocycles. The van der Waals surface area contributed by atoms with Gasteiger partial charge in [0.25, 0.3) is 5.78 Å². The van der Waals surface area contributed by atoms with E-state index in [4.69, 9.17) is 0 Å². The van der Waals surface area contributed by atoms with E-state index >= 15 is 0 Å². The topological polar surface area (TPSA) is 68.3 Å². The summed E-state index contributed by atoms with van der Waals surface area (Å²) < 4.78 is 0. The number of ketones is 4. The Morgan fingerprint density at radius 1 is 0.826 bits per heavy atom. The van der Waals surface area contributed by atoms with Gasteiger partial charge in [0.1, 0.15) is 5.78 Å². The predicted molar refractivity (Wildman–Crippen MR) is 85.3 cm³/mol. The fourth-order valence-electron chi connectivity index (χ4n) is 2.33. The van der Waals surface area contributed by atoms with Gasteiger partial charge in [-0.2, -0.15) is 0 Å². The molecule has 1 atom stereocenters. The lowest BCUT2D eigenvalue weighted by Crippen LogP contribution is -2.30. The average Bonchev–Trinajstić information content (AvgIpc) is 2.59. The van der Waals surface area contributed by atoms with Crippen molar-refractivity contribution in [3.63, 3.8) is 0 Å². The molecule has 4 nitrogen and oxygen atoms in total. The molecule has 0 aromatic heterocycles. The molecular formula is C19H16O4. The minimum absolute atomic E-state index is 0.101. The minimum Gasteiger partial charge on any atom is -0.300 e. The van der Waals surface area contributed by atoms with Crippen LogP contribution < -0.4 is 0 Å². The van der Waals surface area contributed by atoms with Crippen molar-refractivity contribution in [3.8, 4) is 0 Å². The first kappa shape index (κ1) is 16.5. The van der Waals surface area contributed by atoms with Crippen molar-refractivity contribution in [1.29, 1.82) is 0 Å². The Hall–Kier alpha value is -2.88. The first-order valence-corrected chi connectivity index (χ1v) is 7.23. The van der Waals surface area contributed by atoms with E-state index in [1.54, 1.807) is 48.5 Å². The number of carbonyl (C=O) groups excluding carboxylic acids is 4. The molecule has 0 saturated carbocycles. The van der Waals surface area contributed by atoms with Gasteiger partial charge in [0, 0.05) is 12.0 Å². The molecule has 0 bridgehead atoms. The van der Waals surface area contributed by atoms with Crippen molar-refractivity contribution < 1.29 is 19.2 Å². The van der Waals surface area contributed by atoms with Crippen LogP contribution in [0.4, 0.5) is 0 Å². The second-order valence-electron chi connectivity index (χ2n) is 5.26. The van der Waals surface area contributed by atoms with E-state index in [0.29, 0.717) is 5.56 Å². The van der Waals surface area contributed by atoms with Crippen LogP contribution in [0.25, 0.3) is 0 Å². The second-order valence-corrected chi connectivity index (χ2v) is 5.26. The largest absolute Gasteiger partial charge is 0.300 e. The third-order valence-electron chi connectivity index (χ3n) is 3.48. The first-order valence-electron chi connectivity index (χ1n) is 7.23. The minimum atomic E-state index is -1.09. The summed E-state index contributed by atoms with van der Waals surface area (Å²) >= 11 is 0. The van der Waals surface area contributed by atoms with E-state index in [1.807, 2.05) is 0 Å². The van der Waals surface area contributed by atoms with Gasteiger partial charge in [0.2, 0.25) is 11.6 Å². The van der Waals surface area contributed by atoms with E-state index in [-0.39, 0.29) is 17.8 Å². The number of benzene rings is 2. The molecule has 2 rings (SSSR count). The predicted octanol–water partition coefficient (Wildman–Crippen LogP) is 2.77. The zero-order chi connectivity index (χ0) is 16.8. The van der Waals surface area contributed by atoms with Crippen molar-refractivity contribution in [3.05, 3.63) is 71.8 Å². The zero-order valence-electron chi connectivity index (χ0n) is 12.7. The molecule has 0 fully saturated rings. The number of hydrogen-bond donors (Lipinski definition) is 0. The van der Waals surface area contributed by atoms with E-state index < -0.39 is 23.3 Å². The van der Waals surface area contributed by atoms with Gasteiger partial charge in [0.05, 0.1) is 5.92 Å². The molecule has 116 valence electrons. The SMILES string of the molecule is CC(=O)CC(C(=O)C(=O)C(=O)c1ccccc1)c1ccccc1. The highest BCUT2D eigenvalue weighted by Crippen LogP contribution is 2.22. The van der Waals surface area contributed by atoms with Crippen molar-refractivity contribution in [2.45, 2.75) is 19.3 Å². The molecule has 4 heteroatoms. The maximum absolute atomic E-state index is 12.5. The smallest absolute Gasteiger partial charge is 0.269 e. The molecule has 23 heavy (non-hydrogen) atoms. The summed E-state index contributed by atoms with van der Waals surface area (Å²) in [5, 5.41) is 0. The van der Waals surface area contributed by atoms with Crippen molar-refractivity contribution in [2.75, 3.05) is 0 Å². The maximum Gasteiger partial charge on any atom is 0.269 e. The van der Waals surface area contributed by atoms with Gasteiger partial charge in [-0.25, -0.2) is 0 Å². The van der Waals surface area contributed by atoms with Gasteiger partial charge >= 0.3 is 0 Å². The average molecular weight is 308 g/mol. The Morgan fingerprint density at radius 2 is 1.35 bits per heavy atom. The highest BCUT2D eigenvalue weighted by molar-refractivity contribution is 6.67. The highest BCUT2D eigenvalue weighted by atomic mass is 16.2. The molecule has 0 N–H and O–H groups in total. The van der Waals surface area contributed by atoms with Gasteiger partial charge in [-0.3, -0.25) is 19.2 Å². The molecule has 0 radical (unpaired) electrons. The Morgan fingerprint density at radius 3 is 1.87 bits per heavy atom. The summed E-state index contributed by atoms with van der Waals surface area (Å²) in [7, 11) is 0. The highest BCUT2D eigenvalue weighted by Gasteiger charge is 2.32. The van der Waals surface area contributed by atoms with E-state index in [1.165, 1.54) is 19.1 Å². The van der Waals surface area contributed by atoms with Crippen LogP contribution in [0.5, 0.6) is 0 Å². The lowest BCUT2D eigenvalue weighted by atomic mass is 9.86. The number of Topliss-reactive ketones (excluding diaryl/α,β-unsaturated/α-hetero) is 4. The molecule has 0 heterocycles. The van der Waals surface area contributed by atoms with E-state index in [0.717, 1.165) is 0 Å². The van der Waals surface area contributed by atoms with Gasteiger partial charge in [-0.1, -0.05) is 60.7 Å². The molecule has 0 aliphatic carbocycles. The van der Waals surface area contributed by atoms with Crippen LogP contribution in [0.1, 0.15) is 35.2 Å². The van der Waals surface area contributed by atoms with Crippen molar-refractivity contribution in [1.82, 2.24) is 0 Å². The second kappa shape index (κ2) is 7.40. The molecule has 2 aromatic rings. The van der Waals surface area contributed by atoms with Crippen LogP contribution in [0.2, 0.25) is 0 Å². The summed E-state index contributed by atoms with van der Waals surface area (Å²) in [6, 6.07) is 16.5.